The zero-order valence-corrected chi connectivity index (χ0v) is 11.5. The van der Waals surface area contributed by atoms with Gasteiger partial charge in [-0.25, -0.2) is 9.18 Å². The van der Waals surface area contributed by atoms with E-state index in [9.17, 15) is 18.0 Å². The number of hydrogen-bond donors (Lipinski definition) is 1. The Balaban J connectivity index is 2.53. The maximum absolute atomic E-state index is 14.3. The molecule has 0 spiro atoms. The fraction of sp³-hybridized carbons (Fsp3) is 0.0714. The van der Waals surface area contributed by atoms with E-state index < -0.39 is 28.8 Å². The van der Waals surface area contributed by atoms with Gasteiger partial charge in [-0.15, -0.1) is 0 Å². The highest BCUT2D eigenvalue weighted by molar-refractivity contribution is 9.10. The number of benzene rings is 2. The molecule has 2 nitrogen and oxygen atoms in total. The molecule has 0 unspecified atom stereocenters. The summed E-state index contributed by atoms with van der Waals surface area (Å²) in [6, 6.07) is 7.06. The molecular formula is C14H8BrF3O2. The van der Waals surface area contributed by atoms with Gasteiger partial charge in [0.1, 0.15) is 5.82 Å². The summed E-state index contributed by atoms with van der Waals surface area (Å²) in [5.74, 6) is -5.34. The molecule has 1 N–H and O–H groups in total. The maximum Gasteiger partial charge on any atom is 0.335 e. The number of carboxylic acid groups (broad SMARTS) is 1. The molecule has 2 aromatic rings. The number of carbonyl (C=O) groups is 1. The van der Waals surface area contributed by atoms with Gasteiger partial charge in [-0.1, -0.05) is 15.9 Å². The van der Waals surface area contributed by atoms with Gasteiger partial charge >= 0.3 is 5.97 Å². The molecule has 0 bridgehead atoms. The quantitative estimate of drug-likeness (QED) is 0.894. The smallest absolute Gasteiger partial charge is 0.335 e. The molecule has 0 fully saturated rings. The van der Waals surface area contributed by atoms with Crippen LogP contribution in [-0.2, 0) is 5.92 Å². The molecule has 0 saturated heterocycles. The molecule has 0 aliphatic rings. The lowest BCUT2D eigenvalue weighted by Crippen LogP contribution is -2.16. The lowest BCUT2D eigenvalue weighted by Gasteiger charge is -2.18. The minimum Gasteiger partial charge on any atom is -0.478 e. The first-order valence-electron chi connectivity index (χ1n) is 5.49. The summed E-state index contributed by atoms with van der Waals surface area (Å²) in [6.07, 6.45) is 0. The first kappa shape index (κ1) is 14.6. The van der Waals surface area contributed by atoms with Crippen molar-refractivity contribution in [3.8, 4) is 0 Å². The fourth-order valence-corrected chi connectivity index (χ4v) is 2.21. The normalized spacial score (nSPS) is 11.4. The Hall–Kier alpha value is -1.82. The first-order valence-corrected chi connectivity index (χ1v) is 6.28. The number of alkyl halides is 2. The summed E-state index contributed by atoms with van der Waals surface area (Å²) >= 11 is 3.00. The van der Waals surface area contributed by atoms with Crippen LogP contribution in [-0.4, -0.2) is 11.1 Å². The Morgan fingerprint density at radius 1 is 1.05 bits per heavy atom. The molecule has 104 valence electrons. The molecule has 2 aromatic carbocycles. The van der Waals surface area contributed by atoms with E-state index in [4.69, 9.17) is 5.11 Å². The number of hydrogen-bond acceptors (Lipinski definition) is 1. The Labute approximate surface area is 121 Å². The van der Waals surface area contributed by atoms with E-state index in [1.165, 1.54) is 6.07 Å². The van der Waals surface area contributed by atoms with E-state index >= 15 is 0 Å². The largest absolute Gasteiger partial charge is 0.478 e. The highest BCUT2D eigenvalue weighted by Crippen LogP contribution is 2.37. The predicted molar refractivity (Wildman–Crippen MR) is 70.5 cm³/mol. The van der Waals surface area contributed by atoms with E-state index in [1.54, 1.807) is 0 Å². The molecule has 0 saturated carbocycles. The van der Waals surface area contributed by atoms with Crippen LogP contribution in [0.25, 0.3) is 0 Å². The minimum atomic E-state index is -3.41. The molecule has 20 heavy (non-hydrogen) atoms. The van der Waals surface area contributed by atoms with Crippen molar-refractivity contribution in [3.63, 3.8) is 0 Å². The van der Waals surface area contributed by atoms with Crippen LogP contribution in [0, 0.1) is 5.82 Å². The summed E-state index contributed by atoms with van der Waals surface area (Å²) in [6.45, 7) is 0. The lowest BCUT2D eigenvalue weighted by molar-refractivity contribution is 0.0425. The molecule has 0 radical (unpaired) electrons. The summed E-state index contributed by atoms with van der Waals surface area (Å²) in [5.41, 5.74) is -1.14. The van der Waals surface area contributed by atoms with Gasteiger partial charge in [0, 0.05) is 15.6 Å². The van der Waals surface area contributed by atoms with Gasteiger partial charge in [0.25, 0.3) is 5.92 Å². The van der Waals surface area contributed by atoms with Crippen molar-refractivity contribution in [2.24, 2.45) is 0 Å². The Kier molecular flexibility index (Phi) is 3.85. The second-order valence-electron chi connectivity index (χ2n) is 4.12. The fourth-order valence-electron chi connectivity index (χ4n) is 1.72. The number of halogens is 4. The van der Waals surface area contributed by atoms with Gasteiger partial charge in [0.2, 0.25) is 0 Å². The SMILES string of the molecule is O=C(O)c1cc(Br)cc(C(F)(F)c2ccc(F)cc2)c1. The van der Waals surface area contributed by atoms with E-state index in [0.717, 1.165) is 36.4 Å². The standard InChI is InChI=1S/C14H8BrF3O2/c15-11-6-8(13(19)20)5-10(7-11)14(17,18)9-1-3-12(16)4-2-9/h1-7H,(H,19,20). The highest BCUT2D eigenvalue weighted by Gasteiger charge is 2.34. The van der Waals surface area contributed by atoms with Crippen LogP contribution in [0.4, 0.5) is 13.2 Å². The lowest BCUT2D eigenvalue weighted by atomic mass is 9.98. The van der Waals surface area contributed by atoms with Crippen molar-refractivity contribution in [1.82, 2.24) is 0 Å². The van der Waals surface area contributed by atoms with Crippen LogP contribution in [0.15, 0.2) is 46.9 Å². The summed E-state index contributed by atoms with van der Waals surface area (Å²) in [4.78, 5) is 10.9. The second kappa shape index (κ2) is 5.28. The topological polar surface area (TPSA) is 37.3 Å². The van der Waals surface area contributed by atoms with E-state index in [1.807, 2.05) is 0 Å². The van der Waals surface area contributed by atoms with Gasteiger partial charge < -0.3 is 5.11 Å². The minimum absolute atomic E-state index is 0.231. The molecule has 0 amide bonds. The Bertz CT molecular complexity index is 654. The Morgan fingerprint density at radius 2 is 1.65 bits per heavy atom. The van der Waals surface area contributed by atoms with Gasteiger partial charge in [0.05, 0.1) is 5.56 Å². The number of aromatic carboxylic acids is 1. The number of rotatable bonds is 3. The van der Waals surface area contributed by atoms with Crippen molar-refractivity contribution in [2.45, 2.75) is 5.92 Å². The maximum atomic E-state index is 14.3. The number of carboxylic acids is 1. The monoisotopic (exact) mass is 344 g/mol. The molecule has 0 aliphatic heterocycles. The molecule has 0 aromatic heterocycles. The van der Waals surface area contributed by atoms with Crippen molar-refractivity contribution in [3.05, 3.63) is 69.4 Å². The first-order chi connectivity index (χ1) is 9.30. The van der Waals surface area contributed by atoms with Crippen LogP contribution in [0.1, 0.15) is 21.5 Å². The van der Waals surface area contributed by atoms with E-state index in [2.05, 4.69) is 15.9 Å². The van der Waals surface area contributed by atoms with Gasteiger partial charge in [-0.2, -0.15) is 8.78 Å². The zero-order valence-electron chi connectivity index (χ0n) is 9.91. The van der Waals surface area contributed by atoms with E-state index in [0.29, 0.717) is 0 Å². The Morgan fingerprint density at radius 3 is 2.20 bits per heavy atom. The van der Waals surface area contributed by atoms with Crippen LogP contribution in [0.2, 0.25) is 0 Å². The average molecular weight is 345 g/mol. The molecule has 0 heterocycles. The van der Waals surface area contributed by atoms with Gasteiger partial charge in [-0.05, 0) is 42.5 Å². The molecule has 2 rings (SSSR count). The van der Waals surface area contributed by atoms with Crippen LogP contribution >= 0.6 is 15.9 Å². The van der Waals surface area contributed by atoms with E-state index in [-0.39, 0.29) is 10.0 Å². The van der Waals surface area contributed by atoms with Gasteiger partial charge in [-0.3, -0.25) is 0 Å². The van der Waals surface area contributed by atoms with Gasteiger partial charge in [0.15, 0.2) is 0 Å². The van der Waals surface area contributed by atoms with Crippen LogP contribution in [0.5, 0.6) is 0 Å². The second-order valence-corrected chi connectivity index (χ2v) is 5.03. The van der Waals surface area contributed by atoms with Crippen molar-refractivity contribution < 1.29 is 23.1 Å². The molecule has 0 atom stereocenters. The third-order valence-corrected chi connectivity index (χ3v) is 3.17. The average Bonchev–Trinajstić information content (AvgIpc) is 2.38. The summed E-state index contributed by atoms with van der Waals surface area (Å²) in [7, 11) is 0. The molecule has 6 heteroatoms. The third kappa shape index (κ3) is 2.85. The molecular weight excluding hydrogens is 337 g/mol. The molecule has 0 aliphatic carbocycles. The highest BCUT2D eigenvalue weighted by atomic mass is 79.9. The van der Waals surface area contributed by atoms with Crippen LogP contribution < -0.4 is 0 Å². The van der Waals surface area contributed by atoms with Crippen molar-refractivity contribution in [2.75, 3.05) is 0 Å². The zero-order chi connectivity index (χ0) is 14.9. The summed E-state index contributed by atoms with van der Waals surface area (Å²) in [5, 5.41) is 8.89. The van der Waals surface area contributed by atoms with Crippen molar-refractivity contribution >= 4 is 21.9 Å². The predicted octanol–water partition coefficient (Wildman–Crippen LogP) is 4.43. The third-order valence-electron chi connectivity index (χ3n) is 2.71. The summed E-state index contributed by atoms with van der Waals surface area (Å²) < 4.78 is 41.6. The van der Waals surface area contributed by atoms with Crippen LogP contribution in [0.3, 0.4) is 0 Å². The van der Waals surface area contributed by atoms with Crippen molar-refractivity contribution in [1.29, 1.82) is 0 Å².